The molecule has 2 atom stereocenters. The number of carbonyl (C=O) groups excluding carboxylic acids is 1. The van der Waals surface area contributed by atoms with E-state index in [0.717, 1.165) is 32.2 Å². The molecular formula is C20H29FN2O. The molecule has 0 aliphatic carbocycles. The molecular weight excluding hydrogens is 303 g/mol. The molecule has 1 aromatic carbocycles. The summed E-state index contributed by atoms with van der Waals surface area (Å²) in [6, 6.07) is 8.01. The van der Waals surface area contributed by atoms with E-state index in [9.17, 15) is 9.18 Å². The molecule has 2 aliphatic heterocycles. The van der Waals surface area contributed by atoms with Gasteiger partial charge in [-0.05, 0) is 44.1 Å². The first-order chi connectivity index (χ1) is 11.7. The van der Waals surface area contributed by atoms with Crippen LogP contribution in [0.5, 0.6) is 0 Å². The second-order valence-electron chi connectivity index (χ2n) is 7.44. The minimum Gasteiger partial charge on any atom is -0.338 e. The van der Waals surface area contributed by atoms with Gasteiger partial charge in [0.05, 0.1) is 0 Å². The fourth-order valence-corrected chi connectivity index (χ4v) is 4.19. The molecule has 2 bridgehead atoms. The van der Waals surface area contributed by atoms with E-state index in [1.54, 1.807) is 12.1 Å². The van der Waals surface area contributed by atoms with Crippen molar-refractivity contribution < 1.29 is 9.18 Å². The monoisotopic (exact) mass is 332 g/mol. The zero-order valence-electron chi connectivity index (χ0n) is 14.6. The van der Waals surface area contributed by atoms with Gasteiger partial charge in [0.25, 0.3) is 0 Å². The molecule has 2 unspecified atom stereocenters. The minimum atomic E-state index is -0.216. The highest BCUT2D eigenvalue weighted by molar-refractivity contribution is 5.76. The molecule has 2 fully saturated rings. The van der Waals surface area contributed by atoms with E-state index >= 15 is 0 Å². The number of halogens is 1. The highest BCUT2D eigenvalue weighted by Crippen LogP contribution is 2.33. The van der Waals surface area contributed by atoms with Gasteiger partial charge in [0.1, 0.15) is 5.82 Å². The summed E-state index contributed by atoms with van der Waals surface area (Å²) in [5.74, 6) is 0.464. The van der Waals surface area contributed by atoms with Crippen LogP contribution in [0.4, 0.5) is 4.39 Å². The Morgan fingerprint density at radius 1 is 1.25 bits per heavy atom. The smallest absolute Gasteiger partial charge is 0.223 e. The maximum atomic E-state index is 14.0. The third-order valence-electron chi connectivity index (χ3n) is 5.49. The number of piperidine rings is 1. The van der Waals surface area contributed by atoms with Crippen LogP contribution in [-0.2, 0) is 11.3 Å². The van der Waals surface area contributed by atoms with Crippen LogP contribution in [0.3, 0.4) is 0 Å². The van der Waals surface area contributed by atoms with Crippen molar-refractivity contribution in [1.29, 1.82) is 0 Å². The second kappa shape index (κ2) is 8.11. The summed E-state index contributed by atoms with van der Waals surface area (Å²) < 4.78 is 14.0. The normalized spacial score (nSPS) is 25.7. The molecule has 1 aromatic rings. The number of fused-ring (bicyclic) bond motifs is 2. The number of benzene rings is 1. The lowest BCUT2D eigenvalue weighted by Crippen LogP contribution is -2.40. The third-order valence-corrected chi connectivity index (χ3v) is 5.49. The highest BCUT2D eigenvalue weighted by Gasteiger charge is 2.34. The molecule has 132 valence electrons. The molecule has 2 aliphatic rings. The first kappa shape index (κ1) is 17.4. The van der Waals surface area contributed by atoms with Gasteiger partial charge in [-0.2, -0.15) is 0 Å². The van der Waals surface area contributed by atoms with E-state index in [-0.39, 0.29) is 11.7 Å². The van der Waals surface area contributed by atoms with Crippen molar-refractivity contribution in [2.24, 2.45) is 5.92 Å². The Hall–Kier alpha value is -1.42. The average molecular weight is 332 g/mol. The number of unbranched alkanes of at least 4 members (excludes halogenated alkanes) is 1. The maximum absolute atomic E-state index is 14.0. The highest BCUT2D eigenvalue weighted by atomic mass is 19.1. The molecule has 0 aromatic heterocycles. The Morgan fingerprint density at radius 3 is 2.62 bits per heavy atom. The van der Waals surface area contributed by atoms with E-state index in [1.165, 1.54) is 18.9 Å². The van der Waals surface area contributed by atoms with Crippen molar-refractivity contribution in [3.05, 3.63) is 35.6 Å². The Kier molecular flexibility index (Phi) is 5.88. The van der Waals surface area contributed by atoms with E-state index < -0.39 is 0 Å². The molecule has 2 saturated heterocycles. The Balaban J connectivity index is 1.61. The maximum Gasteiger partial charge on any atom is 0.223 e. The standard InChI is InChI=1S/C20H29FN2O/c1-2-3-10-23(14-16-6-4-5-7-19(16)21)20(24)13-15-11-17-8-9-18(12-15)22-17/h4-7,15,17-18,22H,2-3,8-14H2,1H3. The molecule has 24 heavy (non-hydrogen) atoms. The number of carbonyl (C=O) groups is 1. The van der Waals surface area contributed by atoms with Gasteiger partial charge in [0.15, 0.2) is 0 Å². The lowest BCUT2D eigenvalue weighted by molar-refractivity contribution is -0.133. The fourth-order valence-electron chi connectivity index (χ4n) is 4.19. The van der Waals surface area contributed by atoms with Gasteiger partial charge >= 0.3 is 0 Å². The molecule has 1 amide bonds. The largest absolute Gasteiger partial charge is 0.338 e. The topological polar surface area (TPSA) is 32.3 Å². The van der Waals surface area contributed by atoms with E-state index in [4.69, 9.17) is 0 Å². The van der Waals surface area contributed by atoms with Gasteiger partial charge < -0.3 is 10.2 Å². The molecule has 0 saturated carbocycles. The van der Waals surface area contributed by atoms with Crippen LogP contribution >= 0.6 is 0 Å². The zero-order chi connectivity index (χ0) is 16.9. The Bertz CT molecular complexity index is 550. The molecule has 1 N–H and O–H groups in total. The van der Waals surface area contributed by atoms with Crippen molar-refractivity contribution in [3.8, 4) is 0 Å². The van der Waals surface area contributed by atoms with Crippen LogP contribution in [0.15, 0.2) is 24.3 Å². The van der Waals surface area contributed by atoms with E-state index in [2.05, 4.69) is 12.2 Å². The summed E-state index contributed by atoms with van der Waals surface area (Å²) in [6.45, 7) is 3.24. The first-order valence-corrected chi connectivity index (χ1v) is 9.43. The third kappa shape index (κ3) is 4.35. The van der Waals surface area contributed by atoms with Crippen molar-refractivity contribution in [2.45, 2.75) is 70.5 Å². The van der Waals surface area contributed by atoms with Crippen LogP contribution < -0.4 is 5.32 Å². The number of hydrogen-bond donors (Lipinski definition) is 1. The number of rotatable bonds is 7. The van der Waals surface area contributed by atoms with Crippen molar-refractivity contribution in [1.82, 2.24) is 10.2 Å². The molecule has 2 heterocycles. The summed E-state index contributed by atoms with van der Waals surface area (Å²) in [7, 11) is 0. The summed E-state index contributed by atoms with van der Waals surface area (Å²) in [5, 5.41) is 3.63. The molecule has 3 nitrogen and oxygen atoms in total. The minimum absolute atomic E-state index is 0.193. The van der Waals surface area contributed by atoms with Crippen LogP contribution in [0.1, 0.15) is 57.4 Å². The number of amides is 1. The average Bonchev–Trinajstić information content (AvgIpc) is 2.91. The van der Waals surface area contributed by atoms with Gasteiger partial charge in [0, 0.05) is 37.2 Å². The SMILES string of the molecule is CCCCN(Cc1ccccc1F)C(=O)CC1CC2CCC(C1)N2. The van der Waals surface area contributed by atoms with Crippen LogP contribution in [0, 0.1) is 11.7 Å². The Labute approximate surface area is 144 Å². The Morgan fingerprint density at radius 2 is 1.96 bits per heavy atom. The lowest BCUT2D eigenvalue weighted by atomic mass is 9.89. The summed E-state index contributed by atoms with van der Waals surface area (Å²) in [4.78, 5) is 14.7. The predicted octanol–water partition coefficient (Wildman–Crippen LogP) is 3.88. The fraction of sp³-hybridized carbons (Fsp3) is 0.650. The van der Waals surface area contributed by atoms with Gasteiger partial charge in [0.2, 0.25) is 5.91 Å². The van der Waals surface area contributed by atoms with E-state index in [0.29, 0.717) is 36.5 Å². The predicted molar refractivity (Wildman–Crippen MR) is 94.0 cm³/mol. The number of hydrogen-bond acceptors (Lipinski definition) is 2. The van der Waals surface area contributed by atoms with Crippen molar-refractivity contribution in [3.63, 3.8) is 0 Å². The number of nitrogens with zero attached hydrogens (tertiary/aromatic N) is 1. The lowest BCUT2D eigenvalue weighted by Gasteiger charge is -2.31. The van der Waals surface area contributed by atoms with E-state index in [1.807, 2.05) is 11.0 Å². The van der Waals surface area contributed by atoms with Crippen LogP contribution in [0.2, 0.25) is 0 Å². The first-order valence-electron chi connectivity index (χ1n) is 9.43. The van der Waals surface area contributed by atoms with Crippen LogP contribution in [0.25, 0.3) is 0 Å². The summed E-state index contributed by atoms with van der Waals surface area (Å²) in [6.07, 6.45) is 7.37. The molecule has 4 heteroatoms. The van der Waals surface area contributed by atoms with Crippen molar-refractivity contribution in [2.75, 3.05) is 6.54 Å². The van der Waals surface area contributed by atoms with Gasteiger partial charge in [-0.15, -0.1) is 0 Å². The second-order valence-corrected chi connectivity index (χ2v) is 7.44. The van der Waals surface area contributed by atoms with Gasteiger partial charge in [-0.25, -0.2) is 4.39 Å². The quantitative estimate of drug-likeness (QED) is 0.822. The molecule has 3 rings (SSSR count). The van der Waals surface area contributed by atoms with Crippen molar-refractivity contribution >= 4 is 5.91 Å². The number of nitrogens with one attached hydrogen (secondary N) is 1. The van der Waals surface area contributed by atoms with Gasteiger partial charge in [-0.1, -0.05) is 31.5 Å². The van der Waals surface area contributed by atoms with Crippen LogP contribution in [-0.4, -0.2) is 29.4 Å². The molecule has 0 spiro atoms. The zero-order valence-corrected chi connectivity index (χ0v) is 14.6. The van der Waals surface area contributed by atoms with Gasteiger partial charge in [-0.3, -0.25) is 4.79 Å². The molecule has 0 radical (unpaired) electrons. The summed E-state index contributed by atoms with van der Waals surface area (Å²) >= 11 is 0. The summed E-state index contributed by atoms with van der Waals surface area (Å²) in [5.41, 5.74) is 0.618.